The fourth-order valence-corrected chi connectivity index (χ4v) is 4.32. The summed E-state index contributed by atoms with van der Waals surface area (Å²) in [7, 11) is 2.01. The summed E-state index contributed by atoms with van der Waals surface area (Å²) < 4.78 is 0.256. The molecule has 0 spiro atoms. The summed E-state index contributed by atoms with van der Waals surface area (Å²) in [6, 6.07) is 6.26. The Hall–Kier alpha value is 0.110. The molecule has 1 aliphatic heterocycles. The lowest BCUT2D eigenvalue weighted by Crippen LogP contribution is -2.35. The van der Waals surface area contributed by atoms with E-state index in [1.54, 1.807) is 0 Å². The van der Waals surface area contributed by atoms with Crippen LogP contribution in [0, 0.1) is 0 Å². The Kier molecular flexibility index (Phi) is 4.30. The average Bonchev–Trinajstić information content (AvgIpc) is 2.72. The highest BCUT2D eigenvalue weighted by atomic mass is 35.5. The van der Waals surface area contributed by atoms with Gasteiger partial charge in [0.25, 0.3) is 0 Å². The van der Waals surface area contributed by atoms with Crippen LogP contribution < -0.4 is 5.32 Å². The second-order valence-electron chi connectivity index (χ2n) is 4.66. The van der Waals surface area contributed by atoms with Crippen molar-refractivity contribution >= 4 is 35.0 Å². The predicted octanol–water partition coefficient (Wildman–Crippen LogP) is 4.54. The van der Waals surface area contributed by atoms with E-state index in [1.807, 2.05) is 30.9 Å². The first-order valence-electron chi connectivity index (χ1n) is 5.83. The predicted molar refractivity (Wildman–Crippen MR) is 78.4 cm³/mol. The highest BCUT2D eigenvalue weighted by Gasteiger charge is 2.37. The molecule has 1 aliphatic rings. The highest BCUT2D eigenvalue weighted by molar-refractivity contribution is 8.00. The van der Waals surface area contributed by atoms with Gasteiger partial charge in [-0.15, -0.1) is 0 Å². The van der Waals surface area contributed by atoms with E-state index in [9.17, 15) is 0 Å². The third-order valence-corrected chi connectivity index (χ3v) is 5.76. The molecule has 4 heteroatoms. The number of thioether (sulfide) groups is 1. The van der Waals surface area contributed by atoms with Crippen molar-refractivity contribution in [3.05, 3.63) is 33.8 Å². The van der Waals surface area contributed by atoms with Crippen molar-refractivity contribution in [2.75, 3.05) is 12.8 Å². The number of nitrogens with one attached hydrogen (secondary N) is 1. The van der Waals surface area contributed by atoms with E-state index in [0.29, 0.717) is 16.1 Å². The number of hydrogen-bond acceptors (Lipinski definition) is 2. The first-order chi connectivity index (χ1) is 8.07. The lowest BCUT2D eigenvalue weighted by molar-refractivity contribution is 0.441. The van der Waals surface area contributed by atoms with Crippen LogP contribution in [0.1, 0.15) is 31.4 Å². The third-order valence-electron chi connectivity index (χ3n) is 3.43. The van der Waals surface area contributed by atoms with Crippen LogP contribution in [0.25, 0.3) is 0 Å². The van der Waals surface area contributed by atoms with Gasteiger partial charge in [0.05, 0.1) is 10.0 Å². The number of rotatable bonds is 3. The minimum atomic E-state index is 0.256. The van der Waals surface area contributed by atoms with Crippen molar-refractivity contribution in [2.24, 2.45) is 0 Å². The molecule has 94 valence electrons. The molecule has 1 aromatic carbocycles. The van der Waals surface area contributed by atoms with Crippen LogP contribution in [0.5, 0.6) is 0 Å². The zero-order valence-corrected chi connectivity index (χ0v) is 12.4. The molecule has 2 rings (SSSR count). The Labute approximate surface area is 117 Å². The van der Waals surface area contributed by atoms with E-state index in [4.69, 9.17) is 23.2 Å². The van der Waals surface area contributed by atoms with E-state index < -0.39 is 0 Å². The molecule has 2 atom stereocenters. The molecule has 0 saturated carbocycles. The van der Waals surface area contributed by atoms with Crippen molar-refractivity contribution in [3.8, 4) is 0 Å². The number of hydrogen-bond donors (Lipinski definition) is 1. The number of benzene rings is 1. The third kappa shape index (κ3) is 2.76. The maximum atomic E-state index is 6.10. The van der Waals surface area contributed by atoms with Gasteiger partial charge >= 0.3 is 0 Å². The lowest BCUT2D eigenvalue weighted by atomic mass is 9.90. The van der Waals surface area contributed by atoms with Gasteiger partial charge < -0.3 is 5.32 Å². The summed E-state index contributed by atoms with van der Waals surface area (Å²) in [5, 5.41) is 4.68. The quantitative estimate of drug-likeness (QED) is 0.877. The van der Waals surface area contributed by atoms with Crippen molar-refractivity contribution in [1.82, 2.24) is 5.32 Å². The van der Waals surface area contributed by atoms with Gasteiger partial charge in [0.2, 0.25) is 0 Å². The highest BCUT2D eigenvalue weighted by Crippen LogP contribution is 2.46. The molecular weight excluding hydrogens is 273 g/mol. The van der Waals surface area contributed by atoms with E-state index in [2.05, 4.69) is 18.3 Å². The van der Waals surface area contributed by atoms with E-state index in [1.165, 1.54) is 24.2 Å². The van der Waals surface area contributed by atoms with Crippen LogP contribution in [0.3, 0.4) is 0 Å². The Morgan fingerprint density at radius 2 is 2.12 bits per heavy atom. The lowest BCUT2D eigenvalue weighted by Gasteiger charge is -2.33. The summed E-state index contributed by atoms with van der Waals surface area (Å²) in [5.74, 6) is 1.25. The fourth-order valence-electron chi connectivity index (χ4n) is 2.54. The molecule has 1 aromatic rings. The van der Waals surface area contributed by atoms with Crippen LogP contribution in [0.2, 0.25) is 10.0 Å². The second kappa shape index (κ2) is 5.40. The maximum Gasteiger partial charge on any atom is 0.0595 e. The first kappa shape index (κ1) is 13.5. The maximum absolute atomic E-state index is 6.10. The van der Waals surface area contributed by atoms with Crippen molar-refractivity contribution in [3.63, 3.8) is 0 Å². The molecule has 0 bridgehead atoms. The molecule has 0 aromatic heterocycles. The molecule has 0 amide bonds. The molecule has 1 N–H and O–H groups in total. The minimum absolute atomic E-state index is 0.256. The molecule has 1 fully saturated rings. The number of halogens is 2. The van der Waals surface area contributed by atoms with Crippen LogP contribution >= 0.6 is 35.0 Å². The molecule has 1 saturated heterocycles. The molecule has 1 nitrogen and oxygen atoms in total. The van der Waals surface area contributed by atoms with E-state index >= 15 is 0 Å². The van der Waals surface area contributed by atoms with Gasteiger partial charge in [-0.1, -0.05) is 29.3 Å². The fraction of sp³-hybridized carbons (Fsp3) is 0.538. The van der Waals surface area contributed by atoms with E-state index in [0.717, 1.165) is 0 Å². The Morgan fingerprint density at radius 1 is 1.35 bits per heavy atom. The van der Waals surface area contributed by atoms with Crippen LogP contribution in [-0.4, -0.2) is 17.5 Å². The van der Waals surface area contributed by atoms with E-state index in [-0.39, 0.29) is 4.75 Å². The summed E-state index contributed by atoms with van der Waals surface area (Å²) in [6.07, 6.45) is 2.53. The topological polar surface area (TPSA) is 12.0 Å². The van der Waals surface area contributed by atoms with Crippen LogP contribution in [-0.2, 0) is 0 Å². The second-order valence-corrected chi connectivity index (χ2v) is 7.10. The molecule has 0 aliphatic carbocycles. The van der Waals surface area contributed by atoms with Gasteiger partial charge in [0.15, 0.2) is 0 Å². The molecule has 17 heavy (non-hydrogen) atoms. The Balaban J connectivity index is 2.31. The summed E-state index contributed by atoms with van der Waals surface area (Å²) in [6.45, 7) is 2.33. The average molecular weight is 290 g/mol. The minimum Gasteiger partial charge on any atom is -0.312 e. The van der Waals surface area contributed by atoms with Gasteiger partial charge in [-0.3, -0.25) is 0 Å². The SMILES string of the molecule is CNC(c1ccc(Cl)c(Cl)c1)C1(C)CCCS1. The van der Waals surface area contributed by atoms with Crippen molar-refractivity contribution in [2.45, 2.75) is 30.6 Å². The zero-order chi connectivity index (χ0) is 12.5. The summed E-state index contributed by atoms with van der Waals surface area (Å²) in [4.78, 5) is 0. The zero-order valence-electron chi connectivity index (χ0n) is 10.1. The smallest absolute Gasteiger partial charge is 0.0595 e. The standard InChI is InChI=1S/C13H17Cl2NS/c1-13(6-3-7-17-13)12(16-2)9-4-5-10(14)11(15)8-9/h4-5,8,12,16H,3,6-7H2,1-2H3. The van der Waals surface area contributed by atoms with Gasteiger partial charge in [0, 0.05) is 10.8 Å². The molecule has 2 unspecified atom stereocenters. The largest absolute Gasteiger partial charge is 0.312 e. The van der Waals surface area contributed by atoms with Gasteiger partial charge in [-0.25, -0.2) is 0 Å². The van der Waals surface area contributed by atoms with Gasteiger partial charge in [0.1, 0.15) is 0 Å². The Morgan fingerprint density at radius 3 is 2.65 bits per heavy atom. The normalized spacial score (nSPS) is 26.1. The van der Waals surface area contributed by atoms with Gasteiger partial charge in [-0.05, 0) is 50.3 Å². The van der Waals surface area contributed by atoms with Crippen LogP contribution in [0.15, 0.2) is 18.2 Å². The summed E-state index contributed by atoms with van der Waals surface area (Å²) >= 11 is 14.1. The monoisotopic (exact) mass is 289 g/mol. The van der Waals surface area contributed by atoms with Crippen molar-refractivity contribution in [1.29, 1.82) is 0 Å². The summed E-state index contributed by atoms with van der Waals surface area (Å²) in [5.41, 5.74) is 1.22. The van der Waals surface area contributed by atoms with Crippen LogP contribution in [0.4, 0.5) is 0 Å². The molecular formula is C13H17Cl2NS. The molecule has 0 radical (unpaired) electrons. The Bertz CT molecular complexity index is 402. The first-order valence-corrected chi connectivity index (χ1v) is 7.57. The molecule has 1 heterocycles. The van der Waals surface area contributed by atoms with Gasteiger partial charge in [-0.2, -0.15) is 11.8 Å². The van der Waals surface area contributed by atoms with Crippen molar-refractivity contribution < 1.29 is 0 Å².